The van der Waals surface area contributed by atoms with Gasteiger partial charge in [-0.25, -0.2) is 4.98 Å². The van der Waals surface area contributed by atoms with Gasteiger partial charge in [-0.15, -0.1) is 11.3 Å². The fourth-order valence-corrected chi connectivity index (χ4v) is 4.41. The predicted octanol–water partition coefficient (Wildman–Crippen LogP) is 3.21. The van der Waals surface area contributed by atoms with Crippen LogP contribution in [-0.4, -0.2) is 67.1 Å². The zero-order chi connectivity index (χ0) is 19.8. The summed E-state index contributed by atoms with van der Waals surface area (Å²) in [6.45, 7) is 10.2. The van der Waals surface area contributed by atoms with Crippen LogP contribution in [0.1, 0.15) is 21.1 Å². The number of thiazole rings is 1. The molecule has 1 saturated heterocycles. The first kappa shape index (κ1) is 20.6. The smallest absolute Gasteiger partial charge is 0.193 e. The number of rotatable bonds is 6. The summed E-state index contributed by atoms with van der Waals surface area (Å²) in [7, 11) is 1.87. The number of aliphatic imine (C=N–C) groups is 1. The molecular weight excluding hydrogens is 366 g/mol. The lowest BCUT2D eigenvalue weighted by molar-refractivity contribution is 0.194. The Labute approximate surface area is 172 Å². The number of aryl methyl sites for hydroxylation is 2. The number of piperazine rings is 1. The molecule has 5 nitrogen and oxygen atoms in total. The zero-order valence-electron chi connectivity index (χ0n) is 17.2. The molecule has 0 radical (unpaired) electrons. The molecule has 3 rings (SSSR count). The van der Waals surface area contributed by atoms with Crippen LogP contribution in [0.5, 0.6) is 0 Å². The molecule has 1 aromatic carbocycles. The fourth-order valence-electron chi connectivity index (χ4n) is 3.47. The molecule has 0 unspecified atom stereocenters. The van der Waals surface area contributed by atoms with E-state index in [1.54, 1.807) is 11.3 Å². The summed E-state index contributed by atoms with van der Waals surface area (Å²) in [5.74, 6) is 1.01. The van der Waals surface area contributed by atoms with E-state index in [0.29, 0.717) is 0 Å². The van der Waals surface area contributed by atoms with Gasteiger partial charge < -0.3 is 10.2 Å². The normalized spacial score (nSPS) is 16.1. The second-order valence-corrected chi connectivity index (χ2v) is 8.35. The predicted molar refractivity (Wildman–Crippen MR) is 120 cm³/mol. The SMILES string of the molecule is CN=C(NCCc1sc(C)nc1C)N1CCN(C/C=C/c2ccccc2)CC1. The Morgan fingerprint density at radius 1 is 1.18 bits per heavy atom. The Hall–Kier alpha value is -2.18. The van der Waals surface area contributed by atoms with Gasteiger partial charge in [0.25, 0.3) is 0 Å². The van der Waals surface area contributed by atoms with E-state index >= 15 is 0 Å². The van der Waals surface area contributed by atoms with E-state index in [1.165, 1.54) is 10.4 Å². The highest BCUT2D eigenvalue weighted by atomic mass is 32.1. The fraction of sp³-hybridized carbons (Fsp3) is 0.455. The van der Waals surface area contributed by atoms with Gasteiger partial charge in [0.05, 0.1) is 10.7 Å². The van der Waals surface area contributed by atoms with E-state index in [9.17, 15) is 0 Å². The van der Waals surface area contributed by atoms with E-state index in [1.807, 2.05) is 7.05 Å². The van der Waals surface area contributed by atoms with Crippen molar-refractivity contribution in [1.29, 1.82) is 0 Å². The number of benzene rings is 1. The molecule has 1 aliphatic rings. The van der Waals surface area contributed by atoms with Gasteiger partial charge in [-0.3, -0.25) is 9.89 Å². The number of hydrogen-bond acceptors (Lipinski definition) is 4. The van der Waals surface area contributed by atoms with Gasteiger partial charge in [0.1, 0.15) is 0 Å². The molecule has 2 aromatic rings. The minimum atomic E-state index is 0.898. The van der Waals surface area contributed by atoms with Gasteiger partial charge >= 0.3 is 0 Å². The minimum absolute atomic E-state index is 0.898. The van der Waals surface area contributed by atoms with Crippen molar-refractivity contribution in [3.05, 3.63) is 57.6 Å². The van der Waals surface area contributed by atoms with E-state index in [2.05, 4.69) is 81.4 Å². The average molecular weight is 398 g/mol. The maximum atomic E-state index is 4.51. The Kier molecular flexibility index (Phi) is 7.62. The highest BCUT2D eigenvalue weighted by Gasteiger charge is 2.18. The standard InChI is InChI=1S/C22H31N5S/c1-18-21(28-19(2)25-18)11-12-24-22(23-3)27-16-14-26(15-17-27)13-7-10-20-8-5-4-6-9-20/h4-10H,11-17H2,1-3H3,(H,23,24)/b10-7+. The highest BCUT2D eigenvalue weighted by molar-refractivity contribution is 7.11. The van der Waals surface area contributed by atoms with E-state index in [0.717, 1.165) is 62.4 Å². The van der Waals surface area contributed by atoms with Crippen molar-refractivity contribution in [3.8, 4) is 0 Å². The maximum Gasteiger partial charge on any atom is 0.193 e. The molecule has 1 aromatic heterocycles. The molecule has 1 aliphatic heterocycles. The largest absolute Gasteiger partial charge is 0.356 e. The van der Waals surface area contributed by atoms with Crippen LogP contribution >= 0.6 is 11.3 Å². The lowest BCUT2D eigenvalue weighted by atomic mass is 10.2. The molecule has 0 spiro atoms. The van der Waals surface area contributed by atoms with Crippen molar-refractivity contribution in [2.75, 3.05) is 46.3 Å². The number of guanidine groups is 1. The molecule has 0 aliphatic carbocycles. The number of nitrogens with zero attached hydrogens (tertiary/aromatic N) is 4. The lowest BCUT2D eigenvalue weighted by Crippen LogP contribution is -2.52. The second-order valence-electron chi connectivity index (χ2n) is 7.07. The third-order valence-corrected chi connectivity index (χ3v) is 6.12. The third-order valence-electron chi connectivity index (χ3n) is 4.99. The van der Waals surface area contributed by atoms with Crippen LogP contribution in [-0.2, 0) is 6.42 Å². The van der Waals surface area contributed by atoms with Crippen LogP contribution < -0.4 is 5.32 Å². The molecule has 1 fully saturated rings. The summed E-state index contributed by atoms with van der Waals surface area (Å²) in [4.78, 5) is 15.2. The highest BCUT2D eigenvalue weighted by Crippen LogP contribution is 2.17. The molecule has 0 amide bonds. The first-order valence-electron chi connectivity index (χ1n) is 9.98. The minimum Gasteiger partial charge on any atom is -0.356 e. The molecule has 150 valence electrons. The molecule has 1 N–H and O–H groups in total. The summed E-state index contributed by atoms with van der Waals surface area (Å²) in [6.07, 6.45) is 5.47. The quantitative estimate of drug-likeness (QED) is 0.600. The summed E-state index contributed by atoms with van der Waals surface area (Å²) < 4.78 is 0. The van der Waals surface area contributed by atoms with Gasteiger partial charge in [-0.2, -0.15) is 0 Å². The molecule has 2 heterocycles. The Bertz CT molecular complexity index is 789. The van der Waals surface area contributed by atoms with Crippen molar-refractivity contribution in [2.24, 2.45) is 4.99 Å². The van der Waals surface area contributed by atoms with Crippen molar-refractivity contribution in [2.45, 2.75) is 20.3 Å². The number of aromatic nitrogens is 1. The number of nitrogens with one attached hydrogen (secondary N) is 1. The van der Waals surface area contributed by atoms with Gasteiger partial charge in [0.15, 0.2) is 5.96 Å². The van der Waals surface area contributed by atoms with Crippen LogP contribution in [0.4, 0.5) is 0 Å². The third kappa shape index (κ3) is 5.91. The number of hydrogen-bond donors (Lipinski definition) is 1. The van der Waals surface area contributed by atoms with Crippen molar-refractivity contribution < 1.29 is 0 Å². The molecule has 6 heteroatoms. The van der Waals surface area contributed by atoms with E-state index in [-0.39, 0.29) is 0 Å². The van der Waals surface area contributed by atoms with Crippen LogP contribution in [0.3, 0.4) is 0 Å². The van der Waals surface area contributed by atoms with E-state index < -0.39 is 0 Å². The van der Waals surface area contributed by atoms with Gasteiger partial charge in [0, 0.05) is 57.6 Å². The Morgan fingerprint density at radius 2 is 1.93 bits per heavy atom. The summed E-state index contributed by atoms with van der Waals surface area (Å²) in [5.41, 5.74) is 2.42. The van der Waals surface area contributed by atoms with Gasteiger partial charge in [-0.05, 0) is 19.4 Å². The molecule has 28 heavy (non-hydrogen) atoms. The summed E-state index contributed by atoms with van der Waals surface area (Å²) in [5, 5.41) is 4.67. The first-order chi connectivity index (χ1) is 13.7. The van der Waals surface area contributed by atoms with Crippen molar-refractivity contribution in [3.63, 3.8) is 0 Å². The van der Waals surface area contributed by atoms with Crippen molar-refractivity contribution >= 4 is 23.4 Å². The van der Waals surface area contributed by atoms with Crippen LogP contribution in [0, 0.1) is 13.8 Å². The van der Waals surface area contributed by atoms with Crippen LogP contribution in [0.2, 0.25) is 0 Å². The van der Waals surface area contributed by atoms with Gasteiger partial charge in [0.2, 0.25) is 0 Å². The summed E-state index contributed by atoms with van der Waals surface area (Å²) >= 11 is 1.80. The Balaban J connectivity index is 1.40. The van der Waals surface area contributed by atoms with Crippen LogP contribution in [0.15, 0.2) is 41.4 Å². The summed E-state index contributed by atoms with van der Waals surface area (Å²) in [6, 6.07) is 10.5. The Morgan fingerprint density at radius 3 is 2.57 bits per heavy atom. The second kappa shape index (κ2) is 10.4. The monoisotopic (exact) mass is 397 g/mol. The molecule has 0 saturated carbocycles. The van der Waals surface area contributed by atoms with E-state index in [4.69, 9.17) is 0 Å². The average Bonchev–Trinajstić information content (AvgIpc) is 3.04. The first-order valence-corrected chi connectivity index (χ1v) is 10.8. The van der Waals surface area contributed by atoms with Crippen molar-refractivity contribution in [1.82, 2.24) is 20.1 Å². The lowest BCUT2D eigenvalue weighted by Gasteiger charge is -2.36. The van der Waals surface area contributed by atoms with Gasteiger partial charge in [-0.1, -0.05) is 42.5 Å². The van der Waals surface area contributed by atoms with Crippen LogP contribution in [0.25, 0.3) is 6.08 Å². The maximum absolute atomic E-state index is 4.51. The molecule has 0 atom stereocenters. The topological polar surface area (TPSA) is 43.8 Å². The molecular formula is C22H31N5S. The zero-order valence-corrected chi connectivity index (χ0v) is 18.0. The molecule has 0 bridgehead atoms.